The molecular weight excluding hydrogens is 292 g/mol. The molecule has 0 heterocycles. The fourth-order valence-electron chi connectivity index (χ4n) is 2.75. The third kappa shape index (κ3) is 3.77. The van der Waals surface area contributed by atoms with E-state index in [-0.39, 0.29) is 16.8 Å². The van der Waals surface area contributed by atoms with E-state index in [1.54, 1.807) is 24.3 Å². The van der Waals surface area contributed by atoms with Gasteiger partial charge in [-0.15, -0.1) is 0 Å². The van der Waals surface area contributed by atoms with E-state index in [0.29, 0.717) is 6.42 Å². The van der Waals surface area contributed by atoms with Crippen molar-refractivity contribution in [1.29, 1.82) is 0 Å². The predicted molar refractivity (Wildman–Crippen MR) is 88.1 cm³/mol. The third-order valence-corrected chi connectivity index (χ3v) is 4.48. The standard InChI is InChI=1S/C19H22O4/c1-18(2,13-16(20)19(3)11-5-4-6-12-19)15-9-7-14(8-10-15)17(21)23-22/h4-11,22H,12-13H2,1-3H3. The molecule has 1 aliphatic carbocycles. The zero-order valence-electron chi connectivity index (χ0n) is 13.7. The molecule has 0 radical (unpaired) electrons. The van der Waals surface area contributed by atoms with Crippen molar-refractivity contribution in [3.8, 4) is 0 Å². The van der Waals surface area contributed by atoms with E-state index in [2.05, 4.69) is 4.89 Å². The summed E-state index contributed by atoms with van der Waals surface area (Å²) < 4.78 is 0. The number of carbonyl (C=O) groups is 2. The zero-order valence-corrected chi connectivity index (χ0v) is 13.7. The highest BCUT2D eigenvalue weighted by molar-refractivity contribution is 5.89. The van der Waals surface area contributed by atoms with Crippen molar-refractivity contribution < 1.29 is 19.7 Å². The van der Waals surface area contributed by atoms with Crippen molar-refractivity contribution in [3.05, 3.63) is 59.7 Å². The second-order valence-electron chi connectivity index (χ2n) is 6.85. The highest BCUT2D eigenvalue weighted by Crippen LogP contribution is 2.35. The minimum absolute atomic E-state index is 0.196. The molecule has 0 aliphatic heterocycles. The van der Waals surface area contributed by atoms with Gasteiger partial charge in [-0.1, -0.05) is 50.3 Å². The summed E-state index contributed by atoms with van der Waals surface area (Å²) in [7, 11) is 0. The van der Waals surface area contributed by atoms with Gasteiger partial charge in [0.05, 0.1) is 5.56 Å². The van der Waals surface area contributed by atoms with Crippen LogP contribution in [0.5, 0.6) is 0 Å². The molecule has 0 amide bonds. The Kier molecular flexibility index (Phi) is 4.85. The van der Waals surface area contributed by atoms with Gasteiger partial charge < -0.3 is 0 Å². The molecule has 0 bridgehead atoms. The Morgan fingerprint density at radius 3 is 2.39 bits per heavy atom. The van der Waals surface area contributed by atoms with Crippen LogP contribution in [0.25, 0.3) is 0 Å². The average Bonchev–Trinajstić information content (AvgIpc) is 2.54. The van der Waals surface area contributed by atoms with Gasteiger partial charge in [0.1, 0.15) is 5.78 Å². The van der Waals surface area contributed by atoms with E-state index in [9.17, 15) is 9.59 Å². The number of hydrogen-bond acceptors (Lipinski definition) is 4. The molecule has 4 nitrogen and oxygen atoms in total. The molecule has 0 saturated carbocycles. The molecule has 0 spiro atoms. The van der Waals surface area contributed by atoms with Gasteiger partial charge in [0.15, 0.2) is 0 Å². The van der Waals surface area contributed by atoms with Crippen molar-refractivity contribution in [1.82, 2.24) is 0 Å². The number of benzene rings is 1. The Balaban J connectivity index is 2.15. The molecule has 1 N–H and O–H groups in total. The largest absolute Gasteiger partial charge is 0.372 e. The predicted octanol–water partition coefficient (Wildman–Crippen LogP) is 4.08. The zero-order chi connectivity index (χ0) is 17.1. The molecule has 4 heteroatoms. The first kappa shape index (κ1) is 17.2. The summed E-state index contributed by atoms with van der Waals surface area (Å²) in [4.78, 5) is 27.7. The van der Waals surface area contributed by atoms with Gasteiger partial charge in [-0.05, 0) is 36.5 Å². The van der Waals surface area contributed by atoms with Crippen molar-refractivity contribution in [2.75, 3.05) is 0 Å². The molecule has 122 valence electrons. The molecule has 2 rings (SSSR count). The van der Waals surface area contributed by atoms with Gasteiger partial charge in [-0.3, -0.25) is 9.68 Å². The first-order valence-corrected chi connectivity index (χ1v) is 7.62. The topological polar surface area (TPSA) is 63.6 Å². The normalized spacial score (nSPS) is 20.3. The van der Waals surface area contributed by atoms with Crippen molar-refractivity contribution in [2.45, 2.75) is 39.0 Å². The summed E-state index contributed by atoms with van der Waals surface area (Å²) in [6.45, 7) is 5.98. The molecule has 1 aromatic rings. The molecule has 0 aromatic heterocycles. The van der Waals surface area contributed by atoms with Crippen LogP contribution in [0.3, 0.4) is 0 Å². The maximum Gasteiger partial charge on any atom is 0.372 e. The van der Waals surface area contributed by atoms with Crippen LogP contribution < -0.4 is 0 Å². The number of carbonyl (C=O) groups excluding carboxylic acids is 2. The lowest BCUT2D eigenvalue weighted by atomic mass is 9.71. The van der Waals surface area contributed by atoms with Crippen LogP contribution in [0.15, 0.2) is 48.6 Å². The molecule has 0 fully saturated rings. The number of hydrogen-bond donors (Lipinski definition) is 1. The fourth-order valence-corrected chi connectivity index (χ4v) is 2.75. The number of allylic oxidation sites excluding steroid dienone is 4. The van der Waals surface area contributed by atoms with Crippen LogP contribution in [0, 0.1) is 5.41 Å². The quantitative estimate of drug-likeness (QED) is 0.657. The minimum atomic E-state index is -0.794. The van der Waals surface area contributed by atoms with Crippen LogP contribution in [-0.4, -0.2) is 17.0 Å². The van der Waals surface area contributed by atoms with E-state index in [1.165, 1.54) is 0 Å². The average molecular weight is 314 g/mol. The Bertz CT molecular complexity index is 652. The lowest BCUT2D eigenvalue weighted by molar-refractivity contribution is -0.182. The lowest BCUT2D eigenvalue weighted by Gasteiger charge is -2.31. The first-order chi connectivity index (χ1) is 10.8. The Hall–Kier alpha value is -2.20. The van der Waals surface area contributed by atoms with Gasteiger partial charge in [0.25, 0.3) is 0 Å². The first-order valence-electron chi connectivity index (χ1n) is 7.62. The smallest absolute Gasteiger partial charge is 0.299 e. The van der Waals surface area contributed by atoms with Gasteiger partial charge in [0.2, 0.25) is 0 Å². The van der Waals surface area contributed by atoms with Crippen LogP contribution >= 0.6 is 0 Å². The Labute approximate surface area is 136 Å². The second-order valence-corrected chi connectivity index (χ2v) is 6.85. The Morgan fingerprint density at radius 1 is 1.22 bits per heavy atom. The lowest BCUT2D eigenvalue weighted by Crippen LogP contribution is -2.32. The van der Waals surface area contributed by atoms with Crippen LogP contribution in [0.4, 0.5) is 0 Å². The van der Waals surface area contributed by atoms with Crippen molar-refractivity contribution in [3.63, 3.8) is 0 Å². The summed E-state index contributed by atoms with van der Waals surface area (Å²) in [5, 5.41) is 8.40. The van der Waals surface area contributed by atoms with E-state index >= 15 is 0 Å². The summed E-state index contributed by atoms with van der Waals surface area (Å²) in [5.74, 6) is -0.598. The van der Waals surface area contributed by atoms with Gasteiger partial charge >= 0.3 is 5.97 Å². The van der Waals surface area contributed by atoms with Crippen LogP contribution in [0.2, 0.25) is 0 Å². The van der Waals surface area contributed by atoms with E-state index in [0.717, 1.165) is 12.0 Å². The van der Waals surface area contributed by atoms with E-state index in [1.807, 2.05) is 45.1 Å². The highest BCUT2D eigenvalue weighted by Gasteiger charge is 2.34. The molecule has 0 saturated heterocycles. The second kappa shape index (κ2) is 6.50. The van der Waals surface area contributed by atoms with Gasteiger partial charge in [-0.25, -0.2) is 4.79 Å². The summed E-state index contributed by atoms with van der Waals surface area (Å²) in [6, 6.07) is 6.76. The van der Waals surface area contributed by atoms with Crippen LogP contribution in [-0.2, 0) is 15.1 Å². The minimum Gasteiger partial charge on any atom is -0.299 e. The Morgan fingerprint density at radius 2 is 1.87 bits per heavy atom. The molecule has 1 aliphatic rings. The monoisotopic (exact) mass is 314 g/mol. The molecule has 23 heavy (non-hydrogen) atoms. The maximum atomic E-state index is 12.7. The highest BCUT2D eigenvalue weighted by atomic mass is 17.1. The molecule has 1 unspecified atom stereocenters. The number of ketones is 1. The van der Waals surface area contributed by atoms with Crippen LogP contribution in [0.1, 0.15) is 49.5 Å². The van der Waals surface area contributed by atoms with E-state index < -0.39 is 11.4 Å². The van der Waals surface area contributed by atoms with Crippen molar-refractivity contribution >= 4 is 11.8 Å². The van der Waals surface area contributed by atoms with Gasteiger partial charge in [0, 0.05) is 11.8 Å². The molecule has 1 atom stereocenters. The SMILES string of the molecule is CC1(C(=O)CC(C)(C)c2ccc(C(=O)OO)cc2)C=CC=CC1. The summed E-state index contributed by atoms with van der Waals surface area (Å²) >= 11 is 0. The third-order valence-electron chi connectivity index (χ3n) is 4.48. The molecular formula is C19H22O4. The number of Topliss-reactive ketones (excluding diaryl/α,β-unsaturated/α-hetero) is 1. The number of rotatable bonds is 5. The van der Waals surface area contributed by atoms with Gasteiger partial charge in [-0.2, -0.15) is 5.26 Å². The van der Waals surface area contributed by atoms with Crippen molar-refractivity contribution in [2.24, 2.45) is 5.41 Å². The summed E-state index contributed by atoms with van der Waals surface area (Å²) in [6.07, 6.45) is 8.99. The fraction of sp³-hybridized carbons (Fsp3) is 0.368. The summed E-state index contributed by atoms with van der Waals surface area (Å²) in [5.41, 5.74) is 0.425. The maximum absolute atomic E-state index is 12.7. The molecule has 1 aromatic carbocycles. The van der Waals surface area contributed by atoms with E-state index in [4.69, 9.17) is 5.26 Å².